The zero-order chi connectivity index (χ0) is 14.7. The van der Waals surface area contributed by atoms with Crippen LogP contribution < -0.4 is 0 Å². The SMILES string of the molecule is CC(C)(C#N)CCN(CC(=O)O)C1CCS(=O)(=O)C1. The highest BCUT2D eigenvalue weighted by Gasteiger charge is 2.33. The fourth-order valence-corrected chi connectivity index (χ4v) is 3.87. The molecule has 1 saturated heterocycles. The Hall–Kier alpha value is -1.13. The molecule has 1 aliphatic heterocycles. The topological polar surface area (TPSA) is 98.5 Å². The van der Waals surface area contributed by atoms with Crippen LogP contribution >= 0.6 is 0 Å². The molecule has 7 heteroatoms. The Morgan fingerprint density at radius 1 is 1.53 bits per heavy atom. The van der Waals surface area contributed by atoms with Crippen LogP contribution in [0, 0.1) is 16.7 Å². The van der Waals surface area contributed by atoms with Gasteiger partial charge in [0.1, 0.15) is 0 Å². The summed E-state index contributed by atoms with van der Waals surface area (Å²) in [6.07, 6.45) is 0.996. The molecule has 1 rings (SSSR count). The normalized spacial score (nSPS) is 22.3. The van der Waals surface area contributed by atoms with E-state index in [1.54, 1.807) is 18.7 Å². The number of hydrogen-bond donors (Lipinski definition) is 1. The Kier molecular flexibility index (Phi) is 4.93. The van der Waals surface area contributed by atoms with Crippen LogP contribution in [0.2, 0.25) is 0 Å². The molecular formula is C12H20N2O4S. The molecule has 1 aliphatic rings. The molecule has 0 aliphatic carbocycles. The lowest BCUT2D eigenvalue weighted by molar-refractivity contribution is -0.138. The molecule has 108 valence electrons. The predicted molar refractivity (Wildman–Crippen MR) is 70.3 cm³/mol. The number of rotatable bonds is 6. The van der Waals surface area contributed by atoms with E-state index in [-0.39, 0.29) is 24.1 Å². The van der Waals surface area contributed by atoms with Crippen molar-refractivity contribution in [2.45, 2.75) is 32.7 Å². The molecular weight excluding hydrogens is 268 g/mol. The molecule has 0 aromatic carbocycles. The minimum Gasteiger partial charge on any atom is -0.480 e. The van der Waals surface area contributed by atoms with E-state index in [0.717, 1.165) is 0 Å². The summed E-state index contributed by atoms with van der Waals surface area (Å²) in [5.74, 6) is -0.832. The molecule has 0 aromatic heterocycles. The van der Waals surface area contributed by atoms with Gasteiger partial charge in [-0.25, -0.2) is 8.42 Å². The van der Waals surface area contributed by atoms with E-state index in [2.05, 4.69) is 6.07 Å². The van der Waals surface area contributed by atoms with Crippen molar-refractivity contribution in [3.8, 4) is 6.07 Å². The molecule has 0 aromatic rings. The van der Waals surface area contributed by atoms with Crippen LogP contribution in [0.25, 0.3) is 0 Å². The van der Waals surface area contributed by atoms with E-state index in [0.29, 0.717) is 19.4 Å². The van der Waals surface area contributed by atoms with Crippen LogP contribution in [0.4, 0.5) is 0 Å². The van der Waals surface area contributed by atoms with Gasteiger partial charge in [0.05, 0.1) is 29.5 Å². The maximum absolute atomic E-state index is 11.5. The minimum atomic E-state index is -3.04. The van der Waals surface area contributed by atoms with E-state index in [1.165, 1.54) is 0 Å². The summed E-state index contributed by atoms with van der Waals surface area (Å²) in [6.45, 7) is 3.82. The van der Waals surface area contributed by atoms with Crippen molar-refractivity contribution >= 4 is 15.8 Å². The Morgan fingerprint density at radius 3 is 2.58 bits per heavy atom. The zero-order valence-corrected chi connectivity index (χ0v) is 12.1. The molecule has 1 fully saturated rings. The van der Waals surface area contributed by atoms with Crippen molar-refractivity contribution in [1.82, 2.24) is 4.90 Å². The van der Waals surface area contributed by atoms with Crippen LogP contribution in [0.3, 0.4) is 0 Å². The molecule has 1 unspecified atom stereocenters. The van der Waals surface area contributed by atoms with Gasteiger partial charge in [0.25, 0.3) is 0 Å². The van der Waals surface area contributed by atoms with Crippen molar-refractivity contribution in [3.05, 3.63) is 0 Å². The standard InChI is InChI=1S/C12H20N2O4S/c1-12(2,9-13)4-5-14(7-11(15)16)10-3-6-19(17,18)8-10/h10H,3-8H2,1-2H3,(H,15,16). The van der Waals surface area contributed by atoms with Crippen LogP contribution in [0.15, 0.2) is 0 Å². The summed E-state index contributed by atoms with van der Waals surface area (Å²) < 4.78 is 22.9. The van der Waals surface area contributed by atoms with Gasteiger partial charge in [0.15, 0.2) is 9.84 Å². The van der Waals surface area contributed by atoms with Crippen molar-refractivity contribution < 1.29 is 18.3 Å². The first kappa shape index (κ1) is 15.9. The van der Waals surface area contributed by atoms with Gasteiger partial charge in [-0.05, 0) is 26.7 Å². The highest BCUT2D eigenvalue weighted by Crippen LogP contribution is 2.23. The van der Waals surface area contributed by atoms with Crippen LogP contribution in [-0.4, -0.2) is 55.0 Å². The molecule has 1 N–H and O–H groups in total. The third kappa shape index (κ3) is 5.17. The first-order valence-electron chi connectivity index (χ1n) is 6.23. The summed E-state index contributed by atoms with van der Waals surface area (Å²) in [7, 11) is -3.04. The van der Waals surface area contributed by atoms with Gasteiger partial charge in [-0.2, -0.15) is 5.26 Å². The number of carbonyl (C=O) groups is 1. The lowest BCUT2D eigenvalue weighted by Crippen LogP contribution is -2.41. The second kappa shape index (κ2) is 5.88. The summed E-state index contributed by atoms with van der Waals surface area (Å²) >= 11 is 0. The van der Waals surface area contributed by atoms with Crippen molar-refractivity contribution in [2.24, 2.45) is 5.41 Å². The number of aliphatic carboxylic acids is 1. The predicted octanol–water partition coefficient (Wildman–Crippen LogP) is 0.500. The second-order valence-corrected chi connectivity index (χ2v) is 7.90. The molecule has 19 heavy (non-hydrogen) atoms. The molecule has 0 radical (unpaired) electrons. The maximum atomic E-state index is 11.5. The average molecular weight is 288 g/mol. The number of carboxylic acid groups (broad SMARTS) is 1. The van der Waals surface area contributed by atoms with Gasteiger partial charge in [-0.1, -0.05) is 0 Å². The van der Waals surface area contributed by atoms with Crippen molar-refractivity contribution in [3.63, 3.8) is 0 Å². The molecule has 6 nitrogen and oxygen atoms in total. The van der Waals surface area contributed by atoms with E-state index >= 15 is 0 Å². The summed E-state index contributed by atoms with van der Waals surface area (Å²) in [5, 5.41) is 17.9. The van der Waals surface area contributed by atoms with Gasteiger partial charge in [-0.3, -0.25) is 9.69 Å². The van der Waals surface area contributed by atoms with E-state index < -0.39 is 21.2 Å². The number of carboxylic acids is 1. The lowest BCUT2D eigenvalue weighted by atomic mass is 9.91. The number of nitrogens with zero attached hydrogens (tertiary/aromatic N) is 2. The highest BCUT2D eigenvalue weighted by atomic mass is 32.2. The first-order valence-corrected chi connectivity index (χ1v) is 8.05. The fourth-order valence-electron chi connectivity index (χ4n) is 2.11. The van der Waals surface area contributed by atoms with Gasteiger partial charge < -0.3 is 5.11 Å². The number of sulfone groups is 1. The molecule has 0 bridgehead atoms. The summed E-state index contributed by atoms with van der Waals surface area (Å²) in [5.41, 5.74) is -0.533. The maximum Gasteiger partial charge on any atom is 0.317 e. The monoisotopic (exact) mass is 288 g/mol. The zero-order valence-electron chi connectivity index (χ0n) is 11.3. The molecule has 0 saturated carbocycles. The van der Waals surface area contributed by atoms with E-state index in [9.17, 15) is 13.2 Å². The van der Waals surface area contributed by atoms with Gasteiger partial charge in [-0.15, -0.1) is 0 Å². The Morgan fingerprint density at radius 2 is 2.16 bits per heavy atom. The summed E-state index contributed by atoms with van der Waals surface area (Å²) in [6, 6.07) is 1.92. The Bertz CT molecular complexity index is 478. The van der Waals surface area contributed by atoms with Crippen LogP contribution in [0.1, 0.15) is 26.7 Å². The number of hydrogen-bond acceptors (Lipinski definition) is 5. The average Bonchev–Trinajstić information content (AvgIpc) is 2.64. The molecule has 0 amide bonds. The molecule has 1 heterocycles. The number of nitriles is 1. The smallest absolute Gasteiger partial charge is 0.317 e. The van der Waals surface area contributed by atoms with E-state index in [4.69, 9.17) is 10.4 Å². The minimum absolute atomic E-state index is 0.0211. The van der Waals surface area contributed by atoms with Crippen molar-refractivity contribution in [1.29, 1.82) is 5.26 Å². The van der Waals surface area contributed by atoms with Gasteiger partial charge in [0.2, 0.25) is 0 Å². The largest absolute Gasteiger partial charge is 0.480 e. The van der Waals surface area contributed by atoms with Gasteiger partial charge >= 0.3 is 5.97 Å². The van der Waals surface area contributed by atoms with E-state index in [1.807, 2.05) is 0 Å². The molecule has 0 spiro atoms. The Balaban J connectivity index is 2.68. The van der Waals surface area contributed by atoms with Gasteiger partial charge in [0, 0.05) is 12.6 Å². The Labute approximate surface area is 113 Å². The third-order valence-electron chi connectivity index (χ3n) is 3.39. The quantitative estimate of drug-likeness (QED) is 0.764. The third-order valence-corrected chi connectivity index (χ3v) is 5.14. The summed E-state index contributed by atoms with van der Waals surface area (Å²) in [4.78, 5) is 12.5. The lowest BCUT2D eigenvalue weighted by Gasteiger charge is -2.28. The highest BCUT2D eigenvalue weighted by molar-refractivity contribution is 7.91. The second-order valence-electron chi connectivity index (χ2n) is 5.67. The van der Waals surface area contributed by atoms with Crippen molar-refractivity contribution in [2.75, 3.05) is 24.6 Å². The van der Waals surface area contributed by atoms with Crippen LogP contribution in [-0.2, 0) is 14.6 Å². The van der Waals surface area contributed by atoms with Crippen LogP contribution in [0.5, 0.6) is 0 Å². The fraction of sp³-hybridized carbons (Fsp3) is 0.833. The molecule has 1 atom stereocenters. The first-order chi connectivity index (χ1) is 8.65.